The molecule has 2 aromatic heterocycles. The van der Waals surface area contributed by atoms with Gasteiger partial charge in [0, 0.05) is 23.7 Å². The smallest absolute Gasteiger partial charge is 0.338 e. The van der Waals surface area contributed by atoms with Gasteiger partial charge in [-0.2, -0.15) is 4.98 Å². The van der Waals surface area contributed by atoms with Crippen LogP contribution in [0.25, 0.3) is 11.4 Å². The van der Waals surface area contributed by atoms with Gasteiger partial charge in [0.1, 0.15) is 6.04 Å². The van der Waals surface area contributed by atoms with Crippen molar-refractivity contribution in [3.05, 3.63) is 59.6 Å². The van der Waals surface area contributed by atoms with E-state index in [0.717, 1.165) is 11.1 Å². The van der Waals surface area contributed by atoms with Gasteiger partial charge in [-0.25, -0.2) is 9.48 Å². The topological polar surface area (TPSA) is 100 Å². The van der Waals surface area contributed by atoms with Crippen LogP contribution in [0.4, 0.5) is 5.95 Å². The number of anilines is 1. The molecule has 3 aromatic rings. The molecule has 1 aliphatic heterocycles. The average Bonchev–Trinajstić information content (AvgIpc) is 3.23. The van der Waals surface area contributed by atoms with Crippen LogP contribution in [0.5, 0.6) is 11.5 Å². The summed E-state index contributed by atoms with van der Waals surface area (Å²) in [7, 11) is 1.58. The van der Waals surface area contributed by atoms with Crippen molar-refractivity contribution in [3.8, 4) is 22.9 Å². The van der Waals surface area contributed by atoms with E-state index in [9.17, 15) is 4.79 Å². The molecular formula is C23H25N5O4. The summed E-state index contributed by atoms with van der Waals surface area (Å²) >= 11 is 0. The number of nitrogens with one attached hydrogen (secondary N) is 1. The molecule has 1 unspecified atom stereocenters. The van der Waals surface area contributed by atoms with Crippen molar-refractivity contribution in [1.82, 2.24) is 19.7 Å². The largest absolute Gasteiger partial charge is 0.493 e. The van der Waals surface area contributed by atoms with Crippen LogP contribution in [-0.4, -0.2) is 46.0 Å². The van der Waals surface area contributed by atoms with E-state index in [-0.39, 0.29) is 6.61 Å². The Morgan fingerprint density at radius 1 is 1.19 bits per heavy atom. The minimum absolute atomic E-state index is 0.264. The Balaban J connectivity index is 1.87. The minimum atomic E-state index is -0.562. The second kappa shape index (κ2) is 9.09. The van der Waals surface area contributed by atoms with Crippen LogP contribution in [0.1, 0.15) is 32.4 Å². The second-order valence-corrected chi connectivity index (χ2v) is 7.08. The summed E-state index contributed by atoms with van der Waals surface area (Å²) in [5.74, 6) is 1.80. The molecule has 9 nitrogen and oxygen atoms in total. The van der Waals surface area contributed by atoms with E-state index in [0.29, 0.717) is 41.1 Å². The van der Waals surface area contributed by atoms with Crippen molar-refractivity contribution >= 4 is 11.9 Å². The summed E-state index contributed by atoms with van der Waals surface area (Å²) in [6, 6.07) is 8.72. The molecule has 0 bridgehead atoms. The Labute approximate surface area is 186 Å². The van der Waals surface area contributed by atoms with Gasteiger partial charge in [0.05, 0.1) is 25.9 Å². The average molecular weight is 435 g/mol. The third-order valence-electron chi connectivity index (χ3n) is 5.07. The second-order valence-electron chi connectivity index (χ2n) is 7.08. The number of methoxy groups -OCH3 is 1. The van der Waals surface area contributed by atoms with Gasteiger partial charge in [-0.3, -0.25) is 4.98 Å². The zero-order valence-corrected chi connectivity index (χ0v) is 18.5. The molecule has 1 aromatic carbocycles. The molecule has 1 atom stereocenters. The fraction of sp³-hybridized carbons (Fsp3) is 0.304. The van der Waals surface area contributed by atoms with Crippen LogP contribution in [0, 0.1) is 0 Å². The molecule has 0 spiro atoms. The first kappa shape index (κ1) is 21.4. The van der Waals surface area contributed by atoms with Gasteiger partial charge in [-0.15, -0.1) is 5.10 Å². The fourth-order valence-electron chi connectivity index (χ4n) is 3.68. The summed E-state index contributed by atoms with van der Waals surface area (Å²) in [5, 5.41) is 7.90. The molecule has 0 amide bonds. The molecule has 0 aliphatic carbocycles. The van der Waals surface area contributed by atoms with Gasteiger partial charge < -0.3 is 19.5 Å². The molecule has 9 heteroatoms. The Morgan fingerprint density at radius 2 is 2.03 bits per heavy atom. The molecule has 1 aliphatic rings. The van der Waals surface area contributed by atoms with Crippen molar-refractivity contribution in [2.75, 3.05) is 25.6 Å². The monoisotopic (exact) mass is 435 g/mol. The number of carbonyl (C=O) groups is 1. The lowest BCUT2D eigenvalue weighted by Gasteiger charge is -2.28. The first-order chi connectivity index (χ1) is 15.6. The van der Waals surface area contributed by atoms with Crippen LogP contribution >= 0.6 is 0 Å². The van der Waals surface area contributed by atoms with Crippen molar-refractivity contribution in [2.45, 2.75) is 26.8 Å². The summed E-state index contributed by atoms with van der Waals surface area (Å²) in [5.41, 5.74) is 2.67. The number of esters is 1. The van der Waals surface area contributed by atoms with Crippen LogP contribution in [0.3, 0.4) is 0 Å². The molecule has 3 heterocycles. The van der Waals surface area contributed by atoms with Gasteiger partial charge >= 0.3 is 5.97 Å². The highest BCUT2D eigenvalue weighted by atomic mass is 16.5. The number of allylic oxidation sites excluding steroid dienone is 1. The highest BCUT2D eigenvalue weighted by molar-refractivity contribution is 5.92. The summed E-state index contributed by atoms with van der Waals surface area (Å²) in [4.78, 5) is 21.7. The van der Waals surface area contributed by atoms with Crippen molar-refractivity contribution in [1.29, 1.82) is 0 Å². The van der Waals surface area contributed by atoms with Gasteiger partial charge in [-0.05, 0) is 50.6 Å². The SMILES string of the molecule is CCOC(=O)C1=C(C)Nc2nc(-c3cccnc3)nn2C1c1ccc(OCC)c(OC)c1. The maximum Gasteiger partial charge on any atom is 0.338 e. The lowest BCUT2D eigenvalue weighted by Crippen LogP contribution is -2.29. The number of pyridine rings is 1. The minimum Gasteiger partial charge on any atom is -0.493 e. The lowest BCUT2D eigenvalue weighted by atomic mass is 9.95. The van der Waals surface area contributed by atoms with E-state index < -0.39 is 12.0 Å². The van der Waals surface area contributed by atoms with E-state index in [4.69, 9.17) is 19.3 Å². The van der Waals surface area contributed by atoms with Gasteiger partial charge in [0.15, 0.2) is 17.3 Å². The van der Waals surface area contributed by atoms with Crippen molar-refractivity contribution in [3.63, 3.8) is 0 Å². The third kappa shape index (κ3) is 3.89. The highest BCUT2D eigenvalue weighted by Crippen LogP contribution is 2.39. The first-order valence-electron chi connectivity index (χ1n) is 10.4. The van der Waals surface area contributed by atoms with Gasteiger partial charge in [0.25, 0.3) is 0 Å². The molecule has 4 rings (SSSR count). The number of ether oxygens (including phenoxy) is 3. The number of rotatable bonds is 7. The van der Waals surface area contributed by atoms with Crippen LogP contribution in [0.2, 0.25) is 0 Å². The molecule has 0 radical (unpaired) electrons. The number of nitrogens with zero attached hydrogens (tertiary/aromatic N) is 4. The van der Waals surface area contributed by atoms with Crippen LogP contribution in [-0.2, 0) is 9.53 Å². The summed E-state index contributed by atoms with van der Waals surface area (Å²) in [6.07, 6.45) is 3.39. The van der Waals surface area contributed by atoms with Crippen molar-refractivity contribution in [2.24, 2.45) is 0 Å². The predicted octanol–water partition coefficient (Wildman–Crippen LogP) is 3.60. The summed E-state index contributed by atoms with van der Waals surface area (Å²) < 4.78 is 18.2. The standard InChI is InChI=1S/C23H25N5O4/c1-5-31-17-10-9-15(12-18(17)30-4)20-19(22(29)32-6-2)14(3)25-23-26-21(27-28(20)23)16-8-7-11-24-13-16/h7-13,20H,5-6H2,1-4H3,(H,25,26,27). The first-order valence-corrected chi connectivity index (χ1v) is 10.4. The molecule has 32 heavy (non-hydrogen) atoms. The Hall–Kier alpha value is -3.88. The van der Waals surface area contributed by atoms with Crippen LogP contribution < -0.4 is 14.8 Å². The van der Waals surface area contributed by atoms with E-state index in [1.165, 1.54) is 0 Å². The molecule has 166 valence electrons. The Bertz CT molecular complexity index is 1160. The quantitative estimate of drug-likeness (QED) is 0.562. The number of hydrogen-bond donors (Lipinski definition) is 1. The number of carbonyl (C=O) groups excluding carboxylic acids is 1. The van der Waals surface area contributed by atoms with Gasteiger partial charge in [0.2, 0.25) is 5.95 Å². The molecule has 1 N–H and O–H groups in total. The molecular weight excluding hydrogens is 410 g/mol. The molecule has 0 saturated heterocycles. The van der Waals surface area contributed by atoms with E-state index in [1.54, 1.807) is 31.1 Å². The van der Waals surface area contributed by atoms with Gasteiger partial charge in [-0.1, -0.05) is 6.07 Å². The number of benzene rings is 1. The van der Waals surface area contributed by atoms with E-state index in [1.807, 2.05) is 44.2 Å². The number of aromatic nitrogens is 4. The van der Waals surface area contributed by atoms with E-state index in [2.05, 4.69) is 15.3 Å². The number of fused-ring (bicyclic) bond motifs is 1. The molecule has 0 fully saturated rings. The summed E-state index contributed by atoms with van der Waals surface area (Å²) in [6.45, 7) is 6.29. The maximum absolute atomic E-state index is 13.0. The zero-order valence-electron chi connectivity index (χ0n) is 18.5. The van der Waals surface area contributed by atoms with Crippen molar-refractivity contribution < 1.29 is 19.0 Å². The maximum atomic E-state index is 13.0. The van der Waals surface area contributed by atoms with Crippen LogP contribution in [0.15, 0.2) is 54.0 Å². The lowest BCUT2D eigenvalue weighted by molar-refractivity contribution is -0.139. The number of hydrogen-bond acceptors (Lipinski definition) is 8. The normalized spacial score (nSPS) is 15.1. The highest BCUT2D eigenvalue weighted by Gasteiger charge is 2.35. The third-order valence-corrected chi connectivity index (χ3v) is 5.07. The Morgan fingerprint density at radius 3 is 2.72 bits per heavy atom. The molecule has 0 saturated carbocycles. The van der Waals surface area contributed by atoms with E-state index >= 15 is 0 Å². The predicted molar refractivity (Wildman–Crippen MR) is 119 cm³/mol. The Kier molecular flexibility index (Phi) is 6.07. The zero-order chi connectivity index (χ0) is 22.7. The fourth-order valence-corrected chi connectivity index (χ4v) is 3.68.